The van der Waals surface area contributed by atoms with Gasteiger partial charge in [-0.05, 0) is 56.6 Å². The van der Waals surface area contributed by atoms with E-state index in [1.165, 1.54) is 6.33 Å². The van der Waals surface area contributed by atoms with Gasteiger partial charge in [-0.1, -0.05) is 18.2 Å². The lowest BCUT2D eigenvalue weighted by atomic mass is 10.1. The number of nitrogens with zero attached hydrogens (tertiary/aromatic N) is 6. The Bertz CT molecular complexity index is 1520. The monoisotopic (exact) mass is 454 g/mol. The first-order valence-corrected chi connectivity index (χ1v) is 11.4. The van der Waals surface area contributed by atoms with Crippen LogP contribution in [0.1, 0.15) is 23.6 Å². The largest absolute Gasteiger partial charge is 0.423 e. The number of oxazole rings is 1. The smallest absolute Gasteiger partial charge is 0.300 e. The van der Waals surface area contributed by atoms with Gasteiger partial charge in [-0.15, -0.1) is 0 Å². The van der Waals surface area contributed by atoms with Crippen molar-refractivity contribution in [3.63, 3.8) is 0 Å². The molecule has 172 valence electrons. The van der Waals surface area contributed by atoms with Gasteiger partial charge in [0, 0.05) is 24.3 Å². The van der Waals surface area contributed by atoms with E-state index in [1.807, 2.05) is 41.9 Å². The number of hydrogen-bond donors (Lipinski definition) is 2. The van der Waals surface area contributed by atoms with E-state index >= 15 is 0 Å². The van der Waals surface area contributed by atoms with E-state index in [-0.39, 0.29) is 6.04 Å². The second-order valence-electron chi connectivity index (χ2n) is 9.11. The molecule has 0 bridgehead atoms. The van der Waals surface area contributed by atoms with Crippen molar-refractivity contribution in [2.45, 2.75) is 26.3 Å². The minimum absolute atomic E-state index is 0.266. The summed E-state index contributed by atoms with van der Waals surface area (Å²) in [4.78, 5) is 15.6. The van der Waals surface area contributed by atoms with E-state index in [0.29, 0.717) is 11.8 Å². The molecule has 2 aromatic carbocycles. The highest BCUT2D eigenvalue weighted by molar-refractivity contribution is 5.98. The van der Waals surface area contributed by atoms with Crippen LogP contribution in [-0.2, 0) is 0 Å². The van der Waals surface area contributed by atoms with Crippen molar-refractivity contribution in [1.29, 1.82) is 0 Å². The van der Waals surface area contributed by atoms with Gasteiger partial charge in [0.25, 0.3) is 6.01 Å². The number of aromatic nitrogens is 5. The minimum atomic E-state index is 0.266. The maximum atomic E-state index is 6.28. The second-order valence-corrected chi connectivity index (χ2v) is 9.11. The summed E-state index contributed by atoms with van der Waals surface area (Å²) >= 11 is 0. The van der Waals surface area contributed by atoms with Crippen molar-refractivity contribution < 1.29 is 4.42 Å². The Morgan fingerprint density at radius 2 is 1.94 bits per heavy atom. The first-order chi connectivity index (χ1) is 16.5. The van der Waals surface area contributed by atoms with Gasteiger partial charge in [0.1, 0.15) is 23.4 Å². The van der Waals surface area contributed by atoms with Crippen LogP contribution in [0.5, 0.6) is 0 Å². The van der Waals surface area contributed by atoms with Crippen molar-refractivity contribution in [2.24, 2.45) is 0 Å². The average molecular weight is 455 g/mol. The number of fused-ring (bicyclic) bond motifs is 2. The lowest BCUT2D eigenvalue weighted by Gasteiger charge is -2.11. The van der Waals surface area contributed by atoms with Gasteiger partial charge >= 0.3 is 0 Å². The Kier molecular flexibility index (Phi) is 4.73. The normalized spacial score (nSPS) is 16.6. The molecule has 34 heavy (non-hydrogen) atoms. The molecule has 3 aromatic heterocycles. The zero-order valence-corrected chi connectivity index (χ0v) is 19.4. The molecule has 0 radical (unpaired) electrons. The highest BCUT2D eigenvalue weighted by Crippen LogP contribution is 2.34. The van der Waals surface area contributed by atoms with Crippen LogP contribution in [0.4, 0.5) is 17.5 Å². The molecule has 1 unspecified atom stereocenters. The van der Waals surface area contributed by atoms with Gasteiger partial charge < -0.3 is 20.4 Å². The molecule has 0 aliphatic carbocycles. The third-order valence-electron chi connectivity index (χ3n) is 6.46. The standard InChI is InChI=1S/C25H26N8O/c1-14-10-15(2)22-19(11-14)30-25(34-22)29-17-6-4-16(5-7-17)21-20-23(26)27-13-28-24(20)33(31-21)18-8-9-32(3)12-18/h4-7,10-11,13,18H,8-9,12H2,1-3H3,(H,29,30)(H2,26,27,28). The number of aryl methyl sites for hydroxylation is 2. The molecule has 3 N–H and O–H groups in total. The number of anilines is 3. The van der Waals surface area contributed by atoms with Crippen LogP contribution in [-0.4, -0.2) is 49.8 Å². The fourth-order valence-electron chi connectivity index (χ4n) is 4.83. The number of nitrogens with one attached hydrogen (secondary N) is 1. The highest BCUT2D eigenvalue weighted by atomic mass is 16.4. The maximum absolute atomic E-state index is 6.28. The number of likely N-dealkylation sites (tertiary alicyclic amines) is 1. The molecule has 0 amide bonds. The SMILES string of the molecule is Cc1cc(C)c2oc(Nc3ccc(-c4nn(C5CCN(C)C5)c5ncnc(N)c45)cc3)nc2c1. The van der Waals surface area contributed by atoms with E-state index in [2.05, 4.69) is 45.2 Å². The van der Waals surface area contributed by atoms with Crippen LogP contribution in [0.3, 0.4) is 0 Å². The molecule has 1 fully saturated rings. The highest BCUT2D eigenvalue weighted by Gasteiger charge is 2.26. The first kappa shape index (κ1) is 20.6. The Hall–Kier alpha value is -3.98. The first-order valence-electron chi connectivity index (χ1n) is 11.4. The van der Waals surface area contributed by atoms with Crippen LogP contribution in [0.15, 0.2) is 47.1 Å². The Balaban J connectivity index is 1.34. The molecule has 1 saturated heterocycles. The molecule has 9 heteroatoms. The molecular formula is C25H26N8O. The maximum Gasteiger partial charge on any atom is 0.300 e. The van der Waals surface area contributed by atoms with Gasteiger partial charge in [-0.3, -0.25) is 0 Å². The average Bonchev–Trinajstić information content (AvgIpc) is 3.51. The number of likely N-dealkylation sites (N-methyl/N-ethyl adjacent to an activating group) is 1. The van der Waals surface area contributed by atoms with E-state index in [0.717, 1.165) is 69.7 Å². The molecule has 1 aliphatic heterocycles. The molecule has 9 nitrogen and oxygen atoms in total. The lowest BCUT2D eigenvalue weighted by molar-refractivity contribution is 0.385. The number of nitrogen functional groups attached to an aromatic ring is 1. The molecule has 6 rings (SSSR count). The van der Waals surface area contributed by atoms with Gasteiger partial charge in [0.2, 0.25) is 0 Å². The third kappa shape index (κ3) is 3.45. The van der Waals surface area contributed by atoms with Crippen LogP contribution in [0, 0.1) is 13.8 Å². The van der Waals surface area contributed by atoms with Crippen molar-refractivity contribution in [1.82, 2.24) is 29.6 Å². The molecule has 1 atom stereocenters. The van der Waals surface area contributed by atoms with Gasteiger partial charge in [0.15, 0.2) is 11.2 Å². The number of rotatable bonds is 4. The second kappa shape index (κ2) is 7.81. The summed E-state index contributed by atoms with van der Waals surface area (Å²) < 4.78 is 7.95. The number of hydrogen-bond acceptors (Lipinski definition) is 8. The predicted molar refractivity (Wildman–Crippen MR) is 133 cm³/mol. The molecule has 1 aliphatic rings. The van der Waals surface area contributed by atoms with Crippen molar-refractivity contribution in [3.05, 3.63) is 53.9 Å². The topological polar surface area (TPSA) is 111 Å². The summed E-state index contributed by atoms with van der Waals surface area (Å²) in [6.07, 6.45) is 2.54. The van der Waals surface area contributed by atoms with E-state index in [9.17, 15) is 0 Å². The van der Waals surface area contributed by atoms with E-state index in [1.54, 1.807) is 0 Å². The number of nitrogens with two attached hydrogens (primary N) is 1. The summed E-state index contributed by atoms with van der Waals surface area (Å²) in [5.74, 6) is 0.442. The molecule has 5 aromatic rings. The lowest BCUT2D eigenvalue weighted by Crippen LogP contribution is -2.17. The van der Waals surface area contributed by atoms with Crippen molar-refractivity contribution >= 4 is 39.7 Å². The Morgan fingerprint density at radius 3 is 2.71 bits per heavy atom. The molecule has 0 spiro atoms. The van der Waals surface area contributed by atoms with Crippen LogP contribution < -0.4 is 11.1 Å². The van der Waals surface area contributed by atoms with Gasteiger partial charge in [-0.2, -0.15) is 10.1 Å². The zero-order chi connectivity index (χ0) is 23.4. The molecule has 0 saturated carbocycles. The van der Waals surface area contributed by atoms with Crippen LogP contribution in [0.25, 0.3) is 33.4 Å². The predicted octanol–water partition coefficient (Wildman–Crippen LogP) is 4.45. The van der Waals surface area contributed by atoms with Crippen LogP contribution >= 0.6 is 0 Å². The van der Waals surface area contributed by atoms with Crippen LogP contribution in [0.2, 0.25) is 0 Å². The van der Waals surface area contributed by atoms with Gasteiger partial charge in [0.05, 0.1) is 11.4 Å². The van der Waals surface area contributed by atoms with Gasteiger partial charge in [-0.25, -0.2) is 14.6 Å². The zero-order valence-electron chi connectivity index (χ0n) is 19.4. The van der Waals surface area contributed by atoms with E-state index < -0.39 is 0 Å². The minimum Gasteiger partial charge on any atom is -0.423 e. The Labute approximate surface area is 196 Å². The van der Waals surface area contributed by atoms with E-state index in [4.69, 9.17) is 15.2 Å². The molecular weight excluding hydrogens is 428 g/mol. The quantitative estimate of drug-likeness (QED) is 0.410. The fourth-order valence-corrected chi connectivity index (χ4v) is 4.83. The summed E-state index contributed by atoms with van der Waals surface area (Å²) in [7, 11) is 2.13. The Morgan fingerprint density at radius 1 is 1.12 bits per heavy atom. The summed E-state index contributed by atoms with van der Waals surface area (Å²) in [5, 5.41) is 9.01. The number of benzene rings is 2. The summed E-state index contributed by atoms with van der Waals surface area (Å²) in [6.45, 7) is 6.06. The van der Waals surface area contributed by atoms with Crippen molar-refractivity contribution in [2.75, 3.05) is 31.2 Å². The summed E-state index contributed by atoms with van der Waals surface area (Å²) in [5.41, 5.74) is 13.6. The van der Waals surface area contributed by atoms with Crippen molar-refractivity contribution in [3.8, 4) is 11.3 Å². The summed E-state index contributed by atoms with van der Waals surface area (Å²) in [6, 6.07) is 12.8. The molecule has 4 heterocycles. The third-order valence-corrected chi connectivity index (χ3v) is 6.46. The fraction of sp³-hybridized carbons (Fsp3) is 0.280.